The van der Waals surface area contributed by atoms with Crippen LogP contribution in [0.25, 0.3) is 0 Å². The van der Waals surface area contributed by atoms with Crippen molar-refractivity contribution < 1.29 is 78.0 Å². The summed E-state index contributed by atoms with van der Waals surface area (Å²) >= 11 is 0. The fraction of sp³-hybridized carbons (Fsp3) is 0.529. The predicted molar refractivity (Wildman–Crippen MR) is 273 cm³/mol. The van der Waals surface area contributed by atoms with Crippen molar-refractivity contribution in [1.82, 2.24) is 42.1 Å². The van der Waals surface area contributed by atoms with Crippen molar-refractivity contribution in [3.63, 3.8) is 0 Å². The number of benzene rings is 2. The smallest absolute Gasteiger partial charge is 0.326 e. The van der Waals surface area contributed by atoms with Gasteiger partial charge in [-0.05, 0) is 73.6 Å². The number of carbonyl (C=O) groups excluding carboxylic acids is 9. The number of nitrogens with two attached hydrogens (primary N) is 2. The first-order valence-electron chi connectivity index (χ1n) is 25.2. The molecule has 0 spiro atoms. The van der Waals surface area contributed by atoms with E-state index in [1.165, 1.54) is 29.2 Å². The van der Waals surface area contributed by atoms with Crippen LogP contribution in [0.4, 0.5) is 0 Å². The molecule has 26 heteroatoms. The maximum absolute atomic E-state index is 14.3. The Labute approximate surface area is 444 Å². The highest BCUT2D eigenvalue weighted by Gasteiger charge is 2.40. The van der Waals surface area contributed by atoms with Crippen LogP contribution < -0.4 is 48.7 Å². The minimum atomic E-state index is -1.56. The van der Waals surface area contributed by atoms with Gasteiger partial charge in [0, 0.05) is 32.2 Å². The van der Waals surface area contributed by atoms with E-state index in [1.807, 2.05) is 0 Å². The van der Waals surface area contributed by atoms with Crippen LogP contribution in [-0.4, -0.2) is 158 Å². The number of aromatic hydroxyl groups is 1. The number of carboxylic acids is 3. The van der Waals surface area contributed by atoms with E-state index in [1.54, 1.807) is 58.0 Å². The van der Waals surface area contributed by atoms with Crippen molar-refractivity contribution in [3.05, 3.63) is 65.7 Å². The Kier molecular flexibility index (Phi) is 25.4. The number of hydrogen-bond donors (Lipinski definition) is 13. The third kappa shape index (κ3) is 22.3. The van der Waals surface area contributed by atoms with E-state index < -0.39 is 152 Å². The summed E-state index contributed by atoms with van der Waals surface area (Å²) in [7, 11) is 0. The largest absolute Gasteiger partial charge is 0.508 e. The monoisotopic (exact) mass is 1080 g/mol. The van der Waals surface area contributed by atoms with Crippen LogP contribution in [0.1, 0.15) is 96.6 Å². The lowest BCUT2D eigenvalue weighted by atomic mass is 10.0. The minimum absolute atomic E-state index is 0.0301. The molecule has 1 fully saturated rings. The van der Waals surface area contributed by atoms with E-state index in [9.17, 15) is 72.9 Å². The average Bonchev–Trinajstić information content (AvgIpc) is 3.85. The summed E-state index contributed by atoms with van der Waals surface area (Å²) in [5.74, 6) is -12.5. The van der Waals surface area contributed by atoms with E-state index in [0.29, 0.717) is 17.5 Å². The predicted octanol–water partition coefficient (Wildman–Crippen LogP) is -1.70. The number of hydrogen-bond acceptors (Lipinski definition) is 14. The zero-order valence-electron chi connectivity index (χ0n) is 43.5. The second kappa shape index (κ2) is 31.0. The van der Waals surface area contributed by atoms with E-state index in [0.717, 1.165) is 0 Å². The molecule has 0 unspecified atom stereocenters. The first kappa shape index (κ1) is 63.1. The molecule has 2 aromatic rings. The topological polar surface area (TPSA) is 425 Å². The highest BCUT2D eigenvalue weighted by atomic mass is 16.4. The first-order chi connectivity index (χ1) is 36.2. The summed E-state index contributed by atoms with van der Waals surface area (Å²) in [6.07, 6.45) is -2.31. The molecule has 3 rings (SSSR count). The fourth-order valence-electron chi connectivity index (χ4n) is 8.30. The second-order valence-corrected chi connectivity index (χ2v) is 19.6. The zero-order chi connectivity index (χ0) is 57.5. The Balaban J connectivity index is 1.76. The Morgan fingerprint density at radius 3 is 1.69 bits per heavy atom. The lowest BCUT2D eigenvalue weighted by molar-refractivity contribution is -0.143. The lowest BCUT2D eigenvalue weighted by Gasteiger charge is -2.31. The number of phenols is 1. The Morgan fingerprint density at radius 1 is 0.597 bits per heavy atom. The van der Waals surface area contributed by atoms with Crippen molar-refractivity contribution >= 4 is 71.1 Å². The second-order valence-electron chi connectivity index (χ2n) is 19.6. The van der Waals surface area contributed by atoms with Crippen LogP contribution in [0.15, 0.2) is 54.6 Å². The summed E-state index contributed by atoms with van der Waals surface area (Å²) in [4.78, 5) is 157. The van der Waals surface area contributed by atoms with Crippen LogP contribution in [0, 0.1) is 11.8 Å². The molecule has 26 nitrogen and oxygen atoms in total. The molecule has 0 bridgehead atoms. The van der Waals surface area contributed by atoms with Crippen molar-refractivity contribution in [1.29, 1.82) is 0 Å². The summed E-state index contributed by atoms with van der Waals surface area (Å²) < 4.78 is 0. The van der Waals surface area contributed by atoms with Gasteiger partial charge in [-0.2, -0.15) is 0 Å². The summed E-state index contributed by atoms with van der Waals surface area (Å²) in [5.41, 5.74) is 12.1. The van der Waals surface area contributed by atoms with E-state index in [-0.39, 0.29) is 62.7 Å². The summed E-state index contributed by atoms with van der Waals surface area (Å²) in [5, 5.41) is 55.5. The molecule has 8 atom stereocenters. The number of carbonyl (C=O) groups is 12. The highest BCUT2D eigenvalue weighted by molar-refractivity contribution is 5.98. The molecule has 1 aliphatic heterocycles. The van der Waals surface area contributed by atoms with Gasteiger partial charge in [-0.3, -0.25) is 52.7 Å². The molecule has 422 valence electrons. The van der Waals surface area contributed by atoms with Gasteiger partial charge < -0.3 is 74.0 Å². The molecule has 9 amide bonds. The molecule has 15 N–H and O–H groups in total. The molecule has 1 saturated heterocycles. The lowest BCUT2D eigenvalue weighted by Crippen LogP contribution is -2.59. The minimum Gasteiger partial charge on any atom is -0.508 e. The number of primary amides is 1. The number of amides is 9. The number of carboxylic acid groups (broad SMARTS) is 3. The Morgan fingerprint density at radius 2 is 1.12 bits per heavy atom. The van der Waals surface area contributed by atoms with Crippen LogP contribution in [0.5, 0.6) is 5.75 Å². The summed E-state index contributed by atoms with van der Waals surface area (Å²) in [6.45, 7) is 6.38. The van der Waals surface area contributed by atoms with Gasteiger partial charge in [0.25, 0.3) is 0 Å². The molecule has 1 heterocycles. The van der Waals surface area contributed by atoms with Crippen LogP contribution >= 0.6 is 0 Å². The SMILES string of the molecule is CC(C)C[C@H](NC(=O)[C@@H]1CCCN1C(=O)[C@H](CC(C)C)NC(=O)CNC(=O)[C@H](CCC(N)=O)NC(=O)[C@H](Cc1ccc(O)cc1)NC(=O)[C@@H](N)CC(=O)O)C(=O)N[C@@H](CCC(=O)O)C(=O)N[C@@H](Cc1ccccc1)C(=O)O. The number of likely N-dealkylation sites (tertiary alicyclic amines) is 1. The molecule has 0 radical (unpaired) electrons. The van der Waals surface area contributed by atoms with Crippen LogP contribution in [0.3, 0.4) is 0 Å². The molecule has 0 aromatic heterocycles. The van der Waals surface area contributed by atoms with Crippen molar-refractivity contribution in [2.45, 2.75) is 147 Å². The molecular formula is C51H72N10O16. The number of rotatable bonds is 32. The maximum atomic E-state index is 14.3. The average molecular weight is 1080 g/mol. The van der Waals surface area contributed by atoms with Gasteiger partial charge in [0.05, 0.1) is 19.0 Å². The van der Waals surface area contributed by atoms with Gasteiger partial charge in [0.15, 0.2) is 0 Å². The molecule has 77 heavy (non-hydrogen) atoms. The zero-order valence-corrected chi connectivity index (χ0v) is 43.5. The van der Waals surface area contributed by atoms with Crippen molar-refractivity contribution in [3.8, 4) is 5.75 Å². The van der Waals surface area contributed by atoms with Gasteiger partial charge in [0.1, 0.15) is 48.0 Å². The van der Waals surface area contributed by atoms with Crippen LogP contribution in [0.2, 0.25) is 0 Å². The van der Waals surface area contributed by atoms with Gasteiger partial charge in [-0.15, -0.1) is 0 Å². The molecule has 1 aliphatic rings. The Hall–Kier alpha value is -8.16. The first-order valence-corrected chi connectivity index (χ1v) is 25.2. The molecular weight excluding hydrogens is 1010 g/mol. The quantitative estimate of drug-likeness (QED) is 0.0388. The van der Waals surface area contributed by atoms with Gasteiger partial charge in [-0.1, -0.05) is 70.2 Å². The number of nitrogens with one attached hydrogen (secondary N) is 7. The number of nitrogens with zero attached hydrogens (tertiary/aromatic N) is 1. The third-order valence-electron chi connectivity index (χ3n) is 12.2. The molecule has 0 aliphatic carbocycles. The van der Waals surface area contributed by atoms with Gasteiger partial charge in [-0.25, -0.2) is 4.79 Å². The third-order valence-corrected chi connectivity index (χ3v) is 12.2. The Bertz CT molecular complexity index is 2420. The maximum Gasteiger partial charge on any atom is 0.326 e. The standard InChI is InChI=1S/C51H72N10O16/c1-27(2)21-35(47(72)57-34(17-19-42(65)66)46(71)60-38(51(76)77)24-29-9-6-5-7-10-29)59-49(74)39-11-8-20-61(39)50(75)37(22-28(3)4)55-41(64)26-54-45(70)33(16-18-40(53)63)56-48(73)36(23-30-12-14-31(62)15-13-30)58-44(69)32(52)25-43(67)68/h5-7,9-10,12-15,27-28,32-39,62H,8,11,16-26,52H2,1-4H3,(H2,53,63)(H,54,70)(H,55,64)(H,56,73)(H,57,72)(H,58,69)(H,59,74)(H,60,71)(H,65,66)(H,67,68)(H,76,77)/t32-,33-,34-,35-,36-,37-,38-,39-/m0/s1. The number of phenolic OH excluding ortho intramolecular Hbond substituents is 1. The summed E-state index contributed by atoms with van der Waals surface area (Å²) in [6, 6.07) is 2.73. The van der Waals surface area contributed by atoms with E-state index >= 15 is 0 Å². The van der Waals surface area contributed by atoms with Crippen LogP contribution in [-0.2, 0) is 70.4 Å². The van der Waals surface area contributed by atoms with E-state index in [2.05, 4.69) is 37.2 Å². The number of aliphatic carboxylic acids is 3. The fourth-order valence-corrected chi connectivity index (χ4v) is 8.30. The van der Waals surface area contributed by atoms with Crippen molar-refractivity contribution in [2.75, 3.05) is 13.1 Å². The van der Waals surface area contributed by atoms with Gasteiger partial charge >= 0.3 is 17.9 Å². The van der Waals surface area contributed by atoms with Crippen molar-refractivity contribution in [2.24, 2.45) is 23.3 Å². The van der Waals surface area contributed by atoms with Gasteiger partial charge in [0.2, 0.25) is 53.2 Å². The molecule has 0 saturated carbocycles. The molecule has 2 aromatic carbocycles. The highest BCUT2D eigenvalue weighted by Crippen LogP contribution is 2.22. The van der Waals surface area contributed by atoms with E-state index in [4.69, 9.17) is 16.6 Å². The normalized spacial score (nSPS) is 15.8.